The highest BCUT2D eigenvalue weighted by Gasteiger charge is 2.32. The van der Waals surface area contributed by atoms with Crippen molar-refractivity contribution < 1.29 is 0 Å². The van der Waals surface area contributed by atoms with E-state index in [0.717, 1.165) is 36.8 Å². The quantitative estimate of drug-likeness (QED) is 0.862. The lowest BCUT2D eigenvalue weighted by Crippen LogP contribution is -2.30. The van der Waals surface area contributed by atoms with Crippen LogP contribution in [0.1, 0.15) is 18.2 Å². The Hall–Kier alpha value is -0.580. The summed E-state index contributed by atoms with van der Waals surface area (Å²) in [5, 5.41) is 0.822. The summed E-state index contributed by atoms with van der Waals surface area (Å²) in [5.74, 6) is 0. The van der Waals surface area contributed by atoms with Gasteiger partial charge >= 0.3 is 0 Å². The van der Waals surface area contributed by atoms with E-state index in [1.165, 1.54) is 16.2 Å². The van der Waals surface area contributed by atoms with Crippen LogP contribution in [0.5, 0.6) is 0 Å². The van der Waals surface area contributed by atoms with Gasteiger partial charge in [0.25, 0.3) is 0 Å². The Balaban J connectivity index is 0.00000176. The Kier molecular flexibility index (Phi) is 5.92. The van der Waals surface area contributed by atoms with E-state index in [0.29, 0.717) is 5.41 Å². The second kappa shape index (κ2) is 7.33. The van der Waals surface area contributed by atoms with Crippen LogP contribution in [0, 0.1) is 5.41 Å². The second-order valence-electron chi connectivity index (χ2n) is 6.22. The summed E-state index contributed by atoms with van der Waals surface area (Å²) >= 11 is 8.11. The lowest BCUT2D eigenvalue weighted by Gasteiger charge is -2.22. The average molecular weight is 357 g/mol. The molecule has 2 N–H and O–H groups in total. The lowest BCUT2D eigenvalue weighted by molar-refractivity contribution is 0.276. The number of hydrogen-bond acceptors (Lipinski definition) is 3. The third-order valence-corrected chi connectivity index (χ3v) is 5.74. The molecule has 0 bridgehead atoms. The Morgan fingerprint density at radius 2 is 2.05 bits per heavy atom. The van der Waals surface area contributed by atoms with Gasteiger partial charge in [0.2, 0.25) is 0 Å². The van der Waals surface area contributed by atoms with Crippen LogP contribution in [-0.2, 0) is 6.54 Å². The molecule has 3 rings (SSSR count). The van der Waals surface area contributed by atoms with E-state index in [1.807, 2.05) is 29.5 Å². The van der Waals surface area contributed by atoms with Crippen molar-refractivity contribution in [3.8, 4) is 10.4 Å². The highest BCUT2D eigenvalue weighted by Crippen LogP contribution is 2.35. The van der Waals surface area contributed by atoms with Crippen molar-refractivity contribution in [2.24, 2.45) is 11.1 Å². The van der Waals surface area contributed by atoms with Crippen molar-refractivity contribution in [1.29, 1.82) is 0 Å². The number of likely N-dealkylation sites (tertiary alicyclic amines) is 1. The van der Waals surface area contributed by atoms with Gasteiger partial charge in [0.15, 0.2) is 0 Å². The topological polar surface area (TPSA) is 29.3 Å². The molecular weight excluding hydrogens is 335 g/mol. The van der Waals surface area contributed by atoms with Gasteiger partial charge in [0.05, 0.1) is 0 Å². The Labute approximate surface area is 147 Å². The van der Waals surface area contributed by atoms with Crippen molar-refractivity contribution >= 4 is 35.3 Å². The Morgan fingerprint density at radius 3 is 2.73 bits per heavy atom. The fourth-order valence-corrected chi connectivity index (χ4v) is 4.30. The number of nitrogens with zero attached hydrogens (tertiary/aromatic N) is 1. The molecule has 2 nitrogen and oxygen atoms in total. The molecule has 5 heteroatoms. The van der Waals surface area contributed by atoms with Gasteiger partial charge in [-0.25, -0.2) is 0 Å². The standard InChI is InChI=1S/C17H21ClN2S.ClH/c1-17(11-19)8-9-20(12-17)10-13-6-7-16(21-13)14-4-2-3-5-15(14)18;/h2-7H,8-12,19H2,1H3;1H. The molecule has 2 aromatic rings. The van der Waals surface area contributed by atoms with E-state index in [-0.39, 0.29) is 12.4 Å². The SMILES string of the molecule is CC1(CN)CCN(Cc2ccc(-c3ccccc3Cl)s2)C1.Cl. The van der Waals surface area contributed by atoms with Gasteiger partial charge in [0, 0.05) is 33.4 Å². The third-order valence-electron chi connectivity index (χ3n) is 4.31. The second-order valence-corrected chi connectivity index (χ2v) is 7.80. The molecule has 1 fully saturated rings. The van der Waals surface area contributed by atoms with Crippen LogP contribution in [0.25, 0.3) is 10.4 Å². The molecule has 0 aliphatic carbocycles. The van der Waals surface area contributed by atoms with E-state index < -0.39 is 0 Å². The van der Waals surface area contributed by atoms with Crippen LogP contribution < -0.4 is 5.73 Å². The number of rotatable bonds is 4. The summed E-state index contributed by atoms with van der Waals surface area (Å²) in [6, 6.07) is 12.4. The lowest BCUT2D eigenvalue weighted by atomic mass is 9.90. The molecule has 22 heavy (non-hydrogen) atoms. The fraction of sp³-hybridized carbons (Fsp3) is 0.412. The summed E-state index contributed by atoms with van der Waals surface area (Å²) in [6.45, 7) is 6.33. The smallest absolute Gasteiger partial charge is 0.0492 e. The van der Waals surface area contributed by atoms with Gasteiger partial charge in [-0.15, -0.1) is 23.7 Å². The van der Waals surface area contributed by atoms with Gasteiger partial charge in [-0.3, -0.25) is 4.90 Å². The average Bonchev–Trinajstić information content (AvgIpc) is 3.08. The number of thiophene rings is 1. The van der Waals surface area contributed by atoms with Crippen LogP contribution in [0.3, 0.4) is 0 Å². The molecule has 0 spiro atoms. The molecule has 1 saturated heterocycles. The van der Waals surface area contributed by atoms with Crippen LogP contribution in [0.4, 0.5) is 0 Å². The Bertz CT molecular complexity index is 629. The van der Waals surface area contributed by atoms with E-state index >= 15 is 0 Å². The normalized spacial score (nSPS) is 21.8. The molecule has 2 heterocycles. The van der Waals surface area contributed by atoms with Crippen LogP contribution >= 0.6 is 35.3 Å². The van der Waals surface area contributed by atoms with Crippen LogP contribution in [0.15, 0.2) is 36.4 Å². The van der Waals surface area contributed by atoms with Crippen LogP contribution in [-0.4, -0.2) is 24.5 Å². The molecular formula is C17H22Cl2N2S. The zero-order valence-corrected chi connectivity index (χ0v) is 15.1. The molecule has 1 atom stereocenters. The summed E-state index contributed by atoms with van der Waals surface area (Å²) in [4.78, 5) is 5.15. The van der Waals surface area contributed by atoms with Crippen molar-refractivity contribution in [2.45, 2.75) is 19.9 Å². The van der Waals surface area contributed by atoms with Gasteiger partial charge < -0.3 is 5.73 Å². The largest absolute Gasteiger partial charge is 0.330 e. The first-order valence-electron chi connectivity index (χ1n) is 7.36. The van der Waals surface area contributed by atoms with Gasteiger partial charge in [-0.2, -0.15) is 0 Å². The van der Waals surface area contributed by atoms with Gasteiger partial charge in [-0.05, 0) is 43.1 Å². The number of hydrogen-bond donors (Lipinski definition) is 1. The highest BCUT2D eigenvalue weighted by molar-refractivity contribution is 7.15. The minimum atomic E-state index is 0. The maximum Gasteiger partial charge on any atom is 0.0492 e. The van der Waals surface area contributed by atoms with Gasteiger partial charge in [-0.1, -0.05) is 36.7 Å². The zero-order valence-electron chi connectivity index (χ0n) is 12.7. The molecule has 0 amide bonds. The highest BCUT2D eigenvalue weighted by atomic mass is 35.5. The minimum absolute atomic E-state index is 0. The molecule has 1 aliphatic rings. The molecule has 1 unspecified atom stereocenters. The molecule has 1 aliphatic heterocycles. The van der Waals surface area contributed by atoms with E-state index in [2.05, 4.69) is 30.0 Å². The van der Waals surface area contributed by atoms with Crippen molar-refractivity contribution in [2.75, 3.05) is 19.6 Å². The maximum absolute atomic E-state index is 6.28. The number of benzene rings is 1. The molecule has 1 aromatic heterocycles. The van der Waals surface area contributed by atoms with E-state index in [1.54, 1.807) is 0 Å². The first-order valence-corrected chi connectivity index (χ1v) is 8.55. The minimum Gasteiger partial charge on any atom is -0.330 e. The fourth-order valence-electron chi connectivity index (χ4n) is 2.92. The van der Waals surface area contributed by atoms with Crippen molar-refractivity contribution in [3.63, 3.8) is 0 Å². The molecule has 1 aromatic carbocycles. The van der Waals surface area contributed by atoms with E-state index in [4.69, 9.17) is 17.3 Å². The summed E-state index contributed by atoms with van der Waals surface area (Å²) in [5.41, 5.74) is 7.30. The van der Waals surface area contributed by atoms with Gasteiger partial charge in [0.1, 0.15) is 0 Å². The van der Waals surface area contributed by atoms with E-state index in [9.17, 15) is 0 Å². The molecule has 0 radical (unpaired) electrons. The predicted octanol–water partition coefficient (Wildman–Crippen LogP) is 4.66. The van der Waals surface area contributed by atoms with Crippen molar-refractivity contribution in [3.05, 3.63) is 46.3 Å². The summed E-state index contributed by atoms with van der Waals surface area (Å²) < 4.78 is 0. The summed E-state index contributed by atoms with van der Waals surface area (Å²) in [7, 11) is 0. The maximum atomic E-state index is 6.28. The first-order chi connectivity index (χ1) is 10.1. The number of halogens is 2. The number of nitrogens with two attached hydrogens (primary N) is 1. The Morgan fingerprint density at radius 1 is 1.27 bits per heavy atom. The third kappa shape index (κ3) is 3.84. The first kappa shape index (κ1) is 17.8. The van der Waals surface area contributed by atoms with Crippen LogP contribution in [0.2, 0.25) is 5.02 Å². The summed E-state index contributed by atoms with van der Waals surface area (Å²) in [6.07, 6.45) is 1.20. The molecule has 0 saturated carbocycles. The zero-order chi connectivity index (χ0) is 14.9. The monoisotopic (exact) mass is 356 g/mol. The molecule has 120 valence electrons. The predicted molar refractivity (Wildman–Crippen MR) is 99.1 cm³/mol. The van der Waals surface area contributed by atoms with Crippen molar-refractivity contribution in [1.82, 2.24) is 4.90 Å².